The number of benzene rings is 2. The zero-order chi connectivity index (χ0) is 18.5. The van der Waals surface area contributed by atoms with Crippen molar-refractivity contribution in [1.82, 2.24) is 0 Å². The molecule has 0 unspecified atom stereocenters. The molecule has 3 atom stereocenters. The summed E-state index contributed by atoms with van der Waals surface area (Å²) in [6, 6.07) is 11.2. The molecule has 1 aliphatic carbocycles. The van der Waals surface area contributed by atoms with Gasteiger partial charge in [0.25, 0.3) is 5.69 Å². The number of nitrogens with one attached hydrogen (secondary N) is 1. The summed E-state index contributed by atoms with van der Waals surface area (Å²) in [5.41, 5.74) is 2.34. The van der Waals surface area contributed by atoms with Crippen molar-refractivity contribution < 1.29 is 13.3 Å². The zero-order valence-corrected chi connectivity index (χ0v) is 14.5. The molecule has 8 heteroatoms. The molecular weight excluding hydrogens is 354 g/mol. The first-order valence-corrected chi connectivity index (χ1v) is 9.74. The number of nitro benzene ring substituents is 1. The van der Waals surface area contributed by atoms with E-state index in [-0.39, 0.29) is 33.4 Å². The van der Waals surface area contributed by atoms with Gasteiger partial charge >= 0.3 is 0 Å². The highest BCUT2D eigenvalue weighted by Crippen LogP contribution is 2.51. The van der Waals surface area contributed by atoms with Crippen LogP contribution >= 0.6 is 0 Å². The fourth-order valence-electron chi connectivity index (χ4n) is 3.97. The van der Waals surface area contributed by atoms with E-state index in [0.717, 1.165) is 17.7 Å². The summed E-state index contributed by atoms with van der Waals surface area (Å²) >= 11 is 0. The van der Waals surface area contributed by atoms with Gasteiger partial charge in [-0.1, -0.05) is 30.4 Å². The first kappa shape index (κ1) is 16.7. The molecule has 0 fully saturated rings. The van der Waals surface area contributed by atoms with Gasteiger partial charge in [0.05, 0.1) is 21.4 Å². The topological polar surface area (TPSA) is 115 Å². The summed E-state index contributed by atoms with van der Waals surface area (Å²) < 4.78 is 23.4. The van der Waals surface area contributed by atoms with Crippen molar-refractivity contribution in [3.05, 3.63) is 75.9 Å². The lowest BCUT2D eigenvalue weighted by Crippen LogP contribution is -2.30. The molecular formula is C18H17N3O4S. The standard InChI is InChI=1S/C18H17N3O4S/c19-26(24,25)11-8-9-16-15(10-11)12-5-3-6-13(12)18(20-16)14-4-1-2-7-17(14)21(22)23/h1-5,7-10,12-13,18,20H,6H2,(H2,19,24,25)/t12-,13-,18-/m1/s1. The van der Waals surface area contributed by atoms with E-state index in [0.29, 0.717) is 5.56 Å². The van der Waals surface area contributed by atoms with Crippen molar-refractivity contribution in [3.8, 4) is 0 Å². The van der Waals surface area contributed by atoms with E-state index in [1.807, 2.05) is 12.2 Å². The third-order valence-electron chi connectivity index (χ3n) is 5.13. The maximum absolute atomic E-state index is 11.7. The van der Waals surface area contributed by atoms with Crippen molar-refractivity contribution in [2.24, 2.45) is 11.1 Å². The van der Waals surface area contributed by atoms with Crippen LogP contribution in [-0.2, 0) is 10.0 Å². The van der Waals surface area contributed by atoms with E-state index < -0.39 is 10.0 Å². The Morgan fingerprint density at radius 2 is 1.92 bits per heavy atom. The lowest BCUT2D eigenvalue weighted by Gasteiger charge is -2.37. The molecule has 2 aliphatic rings. The van der Waals surface area contributed by atoms with Crippen molar-refractivity contribution in [1.29, 1.82) is 0 Å². The van der Waals surface area contributed by atoms with Crippen molar-refractivity contribution in [2.45, 2.75) is 23.3 Å². The van der Waals surface area contributed by atoms with Crippen LogP contribution in [0.25, 0.3) is 0 Å². The summed E-state index contributed by atoms with van der Waals surface area (Å²) in [7, 11) is -3.79. The minimum atomic E-state index is -3.79. The van der Waals surface area contributed by atoms with E-state index in [4.69, 9.17) is 5.14 Å². The van der Waals surface area contributed by atoms with Crippen LogP contribution in [0.4, 0.5) is 11.4 Å². The Bertz CT molecular complexity index is 1030. The Morgan fingerprint density at radius 3 is 2.65 bits per heavy atom. The molecule has 1 aliphatic heterocycles. The van der Waals surface area contributed by atoms with Gasteiger partial charge in [0.15, 0.2) is 0 Å². The molecule has 3 N–H and O–H groups in total. The molecule has 0 bridgehead atoms. The number of anilines is 1. The molecule has 4 rings (SSSR count). The van der Waals surface area contributed by atoms with Gasteiger partial charge in [0.1, 0.15) is 0 Å². The maximum Gasteiger partial charge on any atom is 0.274 e. The van der Waals surface area contributed by atoms with Crippen molar-refractivity contribution >= 4 is 21.4 Å². The fraction of sp³-hybridized carbons (Fsp3) is 0.222. The van der Waals surface area contributed by atoms with E-state index in [2.05, 4.69) is 5.32 Å². The molecule has 2 aromatic carbocycles. The van der Waals surface area contributed by atoms with Gasteiger partial charge in [-0.2, -0.15) is 0 Å². The second-order valence-corrected chi connectivity index (χ2v) is 8.15. The summed E-state index contributed by atoms with van der Waals surface area (Å²) in [5.74, 6) is 0.0529. The number of sulfonamides is 1. The van der Waals surface area contributed by atoms with Gasteiger partial charge in [0.2, 0.25) is 10.0 Å². The van der Waals surface area contributed by atoms with Gasteiger partial charge < -0.3 is 5.32 Å². The van der Waals surface area contributed by atoms with Crippen LogP contribution in [0.1, 0.15) is 29.5 Å². The average molecular weight is 371 g/mol. The van der Waals surface area contributed by atoms with Crippen LogP contribution in [0.15, 0.2) is 59.5 Å². The van der Waals surface area contributed by atoms with Crippen LogP contribution in [0.3, 0.4) is 0 Å². The number of hydrogen-bond donors (Lipinski definition) is 2. The molecule has 0 radical (unpaired) electrons. The number of nitro groups is 1. The molecule has 134 valence electrons. The number of para-hydroxylation sites is 1. The van der Waals surface area contributed by atoms with Crippen LogP contribution in [-0.4, -0.2) is 13.3 Å². The number of fused-ring (bicyclic) bond motifs is 3. The smallest absolute Gasteiger partial charge is 0.274 e. The van der Waals surface area contributed by atoms with Crippen LogP contribution < -0.4 is 10.5 Å². The van der Waals surface area contributed by atoms with E-state index >= 15 is 0 Å². The highest BCUT2D eigenvalue weighted by Gasteiger charge is 2.40. The van der Waals surface area contributed by atoms with Crippen molar-refractivity contribution in [3.63, 3.8) is 0 Å². The van der Waals surface area contributed by atoms with Crippen molar-refractivity contribution in [2.75, 3.05) is 5.32 Å². The molecule has 0 saturated heterocycles. The van der Waals surface area contributed by atoms with Crippen LogP contribution in [0.5, 0.6) is 0 Å². The van der Waals surface area contributed by atoms with E-state index in [9.17, 15) is 18.5 Å². The number of allylic oxidation sites excluding steroid dienone is 2. The fourth-order valence-corrected chi connectivity index (χ4v) is 4.52. The number of nitrogens with two attached hydrogens (primary N) is 1. The molecule has 26 heavy (non-hydrogen) atoms. The Balaban J connectivity index is 1.83. The first-order valence-electron chi connectivity index (χ1n) is 8.19. The molecule has 1 heterocycles. The van der Waals surface area contributed by atoms with Gasteiger partial charge in [0, 0.05) is 17.7 Å². The Labute approximate surface area is 150 Å². The lowest BCUT2D eigenvalue weighted by molar-refractivity contribution is -0.385. The molecule has 0 saturated carbocycles. The lowest BCUT2D eigenvalue weighted by atomic mass is 9.76. The number of rotatable bonds is 3. The Morgan fingerprint density at radius 1 is 1.15 bits per heavy atom. The van der Waals surface area contributed by atoms with Crippen LogP contribution in [0.2, 0.25) is 0 Å². The Kier molecular flexibility index (Phi) is 3.82. The SMILES string of the molecule is NS(=O)(=O)c1ccc2c(c1)[C@@H]1C=CC[C@H]1[C@H](c1ccccc1[N+](=O)[O-])N2. The Hall–Kier alpha value is -2.71. The predicted octanol–water partition coefficient (Wildman–Crippen LogP) is 3.07. The molecule has 2 aromatic rings. The number of hydrogen-bond acceptors (Lipinski definition) is 5. The second-order valence-electron chi connectivity index (χ2n) is 6.59. The van der Waals surface area contributed by atoms with Gasteiger partial charge in [-0.05, 0) is 36.1 Å². The quantitative estimate of drug-likeness (QED) is 0.489. The molecule has 0 amide bonds. The minimum absolute atomic E-state index is 0.0160. The molecule has 0 aromatic heterocycles. The molecule has 0 spiro atoms. The second kappa shape index (κ2) is 5.93. The van der Waals surface area contributed by atoms with Gasteiger partial charge in [-0.3, -0.25) is 10.1 Å². The maximum atomic E-state index is 11.7. The van der Waals surface area contributed by atoms with E-state index in [1.165, 1.54) is 12.1 Å². The number of nitrogens with zero attached hydrogens (tertiary/aromatic N) is 1. The van der Waals surface area contributed by atoms with Gasteiger partial charge in [-0.25, -0.2) is 13.6 Å². The summed E-state index contributed by atoms with van der Waals surface area (Å²) in [6.45, 7) is 0. The van der Waals surface area contributed by atoms with Gasteiger partial charge in [-0.15, -0.1) is 0 Å². The monoisotopic (exact) mass is 371 g/mol. The highest BCUT2D eigenvalue weighted by atomic mass is 32.2. The summed E-state index contributed by atoms with van der Waals surface area (Å²) in [4.78, 5) is 11.1. The highest BCUT2D eigenvalue weighted by molar-refractivity contribution is 7.89. The normalized spacial score (nSPS) is 23.8. The largest absolute Gasteiger partial charge is 0.377 e. The summed E-state index contributed by atoms with van der Waals surface area (Å²) in [6.07, 6.45) is 4.84. The first-order chi connectivity index (χ1) is 12.4. The third-order valence-corrected chi connectivity index (χ3v) is 6.04. The predicted molar refractivity (Wildman–Crippen MR) is 97.3 cm³/mol. The van der Waals surface area contributed by atoms with Crippen LogP contribution in [0, 0.1) is 16.0 Å². The zero-order valence-electron chi connectivity index (χ0n) is 13.7. The molecule has 7 nitrogen and oxygen atoms in total. The average Bonchev–Trinajstić information content (AvgIpc) is 3.09. The third kappa shape index (κ3) is 2.67. The van der Waals surface area contributed by atoms with E-state index in [1.54, 1.807) is 30.3 Å². The minimum Gasteiger partial charge on any atom is -0.377 e. The summed E-state index contributed by atoms with van der Waals surface area (Å²) in [5, 5.41) is 20.1. The number of primary sulfonamides is 1.